The van der Waals surface area contributed by atoms with Crippen LogP contribution in [0.5, 0.6) is 0 Å². The smallest absolute Gasteiger partial charge is 0.220 e. The summed E-state index contributed by atoms with van der Waals surface area (Å²) in [6.07, 6.45) is 10.1. The van der Waals surface area contributed by atoms with Crippen molar-refractivity contribution in [1.82, 2.24) is 5.32 Å². The number of hydrogen-bond acceptors (Lipinski definition) is 5. The molecule has 10 atom stereocenters. The van der Waals surface area contributed by atoms with Gasteiger partial charge in [-0.3, -0.25) is 4.79 Å². The average Bonchev–Trinajstić information content (AvgIpc) is 3.08. The fourth-order valence-corrected chi connectivity index (χ4v) is 10.2. The Morgan fingerprint density at radius 2 is 1.64 bits per heavy atom. The molecule has 4 aliphatic carbocycles. The summed E-state index contributed by atoms with van der Waals surface area (Å²) < 4.78 is 0. The number of hydrogen-bond donors (Lipinski definition) is 5. The highest BCUT2D eigenvalue weighted by atomic mass is 16.3. The number of rotatable bonds is 7. The zero-order valence-corrected chi connectivity index (χ0v) is 23.9. The van der Waals surface area contributed by atoms with Crippen molar-refractivity contribution >= 4 is 5.91 Å². The summed E-state index contributed by atoms with van der Waals surface area (Å²) in [7, 11) is 0. The van der Waals surface area contributed by atoms with Crippen molar-refractivity contribution in [1.29, 1.82) is 0 Å². The van der Waals surface area contributed by atoms with Crippen LogP contribution >= 0.6 is 0 Å². The van der Waals surface area contributed by atoms with Gasteiger partial charge in [-0.1, -0.05) is 20.8 Å². The summed E-state index contributed by atoms with van der Waals surface area (Å²) in [6, 6.07) is 0. The van der Waals surface area contributed by atoms with Crippen molar-refractivity contribution in [2.75, 3.05) is 0 Å². The predicted octanol–water partition coefficient (Wildman–Crippen LogP) is 4.31. The zero-order chi connectivity index (χ0) is 26.7. The van der Waals surface area contributed by atoms with E-state index in [0.29, 0.717) is 48.3 Å². The molecule has 1 amide bonds. The number of aliphatic hydroxyl groups excluding tert-OH is 2. The van der Waals surface area contributed by atoms with E-state index >= 15 is 0 Å². The van der Waals surface area contributed by atoms with Crippen molar-refractivity contribution in [3.8, 4) is 0 Å². The molecule has 36 heavy (non-hydrogen) atoms. The molecule has 0 bridgehead atoms. The van der Waals surface area contributed by atoms with E-state index in [1.54, 1.807) is 6.92 Å². The van der Waals surface area contributed by atoms with Crippen LogP contribution < -0.4 is 16.8 Å². The van der Waals surface area contributed by atoms with Gasteiger partial charge in [-0.2, -0.15) is 0 Å². The van der Waals surface area contributed by atoms with Crippen molar-refractivity contribution < 1.29 is 15.0 Å². The first-order valence-electron chi connectivity index (χ1n) is 14.8. The Morgan fingerprint density at radius 1 is 1.00 bits per heavy atom. The number of carbonyl (C=O) groups excluding carboxylic acids is 1. The molecule has 4 fully saturated rings. The summed E-state index contributed by atoms with van der Waals surface area (Å²) >= 11 is 0. The predicted molar refractivity (Wildman–Crippen MR) is 145 cm³/mol. The lowest BCUT2D eigenvalue weighted by Gasteiger charge is -2.62. The van der Waals surface area contributed by atoms with E-state index in [1.807, 2.05) is 13.8 Å². The molecule has 0 aliphatic heterocycles. The lowest BCUT2D eigenvalue weighted by Crippen LogP contribution is -2.58. The summed E-state index contributed by atoms with van der Waals surface area (Å²) in [5.41, 5.74) is 11.2. The third-order valence-corrected chi connectivity index (χ3v) is 11.5. The minimum atomic E-state index is -0.811. The van der Waals surface area contributed by atoms with Crippen LogP contribution in [0.15, 0.2) is 0 Å². The molecule has 0 radical (unpaired) electrons. The molecule has 4 aliphatic rings. The maximum atomic E-state index is 12.8. The topological polar surface area (TPSA) is 122 Å². The fraction of sp³-hybridized carbons (Fsp3) is 0.967. The van der Waals surface area contributed by atoms with E-state index in [0.717, 1.165) is 32.1 Å². The van der Waals surface area contributed by atoms with Crippen LogP contribution in [0.25, 0.3) is 0 Å². The van der Waals surface area contributed by atoms with Crippen molar-refractivity contribution in [2.45, 2.75) is 136 Å². The molecule has 4 rings (SSSR count). The van der Waals surface area contributed by atoms with E-state index in [9.17, 15) is 15.0 Å². The first kappa shape index (κ1) is 28.3. The van der Waals surface area contributed by atoms with Gasteiger partial charge in [0.2, 0.25) is 5.91 Å². The van der Waals surface area contributed by atoms with Gasteiger partial charge >= 0.3 is 0 Å². The molecule has 0 aromatic rings. The maximum Gasteiger partial charge on any atom is 0.220 e. The standard InChI is InChI=1S/C30H55N3O3/c1-18(7-10-25(36)33-27(2,3)17-30(6,31)32)21-8-9-22-26-23(12-14-29(21,22)5)28(4)13-11-20(34)15-19(28)16-24(26)35/h18-24,26,34-35H,7-17,31-32H2,1-6H3,(H,33,36)/t18-,19?,20-,21-,22?,23+,24+,26+,28+,29-/m1/s1. The van der Waals surface area contributed by atoms with Crippen LogP contribution in [0.3, 0.4) is 0 Å². The number of fused-ring (bicyclic) bond motifs is 5. The van der Waals surface area contributed by atoms with Crippen LogP contribution in [0, 0.1) is 46.3 Å². The minimum Gasteiger partial charge on any atom is -0.393 e. The van der Waals surface area contributed by atoms with Gasteiger partial charge in [0, 0.05) is 18.4 Å². The number of nitrogens with one attached hydrogen (secondary N) is 1. The van der Waals surface area contributed by atoms with Crippen LogP contribution in [-0.4, -0.2) is 39.5 Å². The molecular formula is C30H55N3O3. The van der Waals surface area contributed by atoms with Gasteiger partial charge < -0.3 is 27.0 Å². The van der Waals surface area contributed by atoms with Crippen LogP contribution in [-0.2, 0) is 4.79 Å². The van der Waals surface area contributed by atoms with Crippen LogP contribution in [0.1, 0.15) is 112 Å². The lowest BCUT2D eigenvalue weighted by atomic mass is 9.43. The maximum absolute atomic E-state index is 12.8. The van der Waals surface area contributed by atoms with Gasteiger partial charge in [-0.25, -0.2) is 0 Å². The van der Waals surface area contributed by atoms with Gasteiger partial charge in [0.1, 0.15) is 0 Å². The largest absolute Gasteiger partial charge is 0.393 e. The molecular weight excluding hydrogens is 450 g/mol. The van der Waals surface area contributed by atoms with Crippen molar-refractivity contribution in [3.63, 3.8) is 0 Å². The SMILES string of the molecule is C[C@H](CCC(=O)NC(C)(C)CC(C)(N)N)[C@H]1CCC2[C@@H]3[C@@H](O)CC4C[C@H](O)CC[C@]4(C)[C@H]3CC[C@@]21C. The highest BCUT2D eigenvalue weighted by Crippen LogP contribution is 2.68. The van der Waals surface area contributed by atoms with Gasteiger partial charge in [0.15, 0.2) is 0 Å². The van der Waals surface area contributed by atoms with Crippen LogP contribution in [0.2, 0.25) is 0 Å². The van der Waals surface area contributed by atoms with Gasteiger partial charge in [-0.05, 0) is 125 Å². The molecule has 0 aromatic carbocycles. The summed E-state index contributed by atoms with van der Waals surface area (Å²) in [6.45, 7) is 13.1. The Kier molecular flexibility index (Phi) is 7.71. The van der Waals surface area contributed by atoms with E-state index in [4.69, 9.17) is 11.5 Å². The summed E-state index contributed by atoms with van der Waals surface area (Å²) in [4.78, 5) is 12.8. The highest BCUT2D eigenvalue weighted by molar-refractivity contribution is 5.76. The zero-order valence-electron chi connectivity index (χ0n) is 23.9. The number of nitrogens with two attached hydrogens (primary N) is 2. The monoisotopic (exact) mass is 505 g/mol. The van der Waals surface area contributed by atoms with E-state index in [1.165, 1.54) is 25.7 Å². The van der Waals surface area contributed by atoms with Gasteiger partial charge in [0.25, 0.3) is 0 Å². The summed E-state index contributed by atoms with van der Waals surface area (Å²) in [5, 5.41) is 24.9. The second kappa shape index (κ2) is 9.81. The van der Waals surface area contributed by atoms with E-state index in [2.05, 4.69) is 26.1 Å². The third kappa shape index (κ3) is 5.39. The molecule has 7 N–H and O–H groups in total. The second-order valence-corrected chi connectivity index (χ2v) is 15.1. The molecule has 2 unspecified atom stereocenters. The third-order valence-electron chi connectivity index (χ3n) is 11.5. The second-order valence-electron chi connectivity index (χ2n) is 15.1. The van der Waals surface area contributed by atoms with Crippen molar-refractivity contribution in [2.24, 2.45) is 57.8 Å². The highest BCUT2D eigenvalue weighted by Gasteiger charge is 2.62. The van der Waals surface area contributed by atoms with Crippen molar-refractivity contribution in [3.05, 3.63) is 0 Å². The molecule has 0 heterocycles. The van der Waals surface area contributed by atoms with Crippen LogP contribution in [0.4, 0.5) is 0 Å². The molecule has 0 spiro atoms. The molecule has 6 nitrogen and oxygen atoms in total. The molecule has 6 heteroatoms. The Hall–Kier alpha value is -0.690. The average molecular weight is 506 g/mol. The first-order chi connectivity index (χ1) is 16.6. The Balaban J connectivity index is 1.39. The number of amides is 1. The Bertz CT molecular complexity index is 810. The van der Waals surface area contributed by atoms with Gasteiger partial charge in [0.05, 0.1) is 17.9 Å². The lowest BCUT2D eigenvalue weighted by molar-refractivity contribution is -0.174. The fourth-order valence-electron chi connectivity index (χ4n) is 10.2. The first-order valence-corrected chi connectivity index (χ1v) is 14.8. The normalized spacial score (nSPS) is 43.8. The molecule has 4 saturated carbocycles. The molecule has 0 saturated heterocycles. The molecule has 208 valence electrons. The Labute approximate surface area is 219 Å². The number of aliphatic hydroxyl groups is 2. The van der Waals surface area contributed by atoms with Gasteiger partial charge in [-0.15, -0.1) is 0 Å². The molecule has 0 aromatic heterocycles. The summed E-state index contributed by atoms with van der Waals surface area (Å²) in [5.74, 6) is 3.17. The number of carbonyl (C=O) groups is 1. The quantitative estimate of drug-likeness (QED) is 0.330. The Morgan fingerprint density at radius 3 is 2.31 bits per heavy atom. The van der Waals surface area contributed by atoms with E-state index in [-0.39, 0.29) is 28.9 Å². The van der Waals surface area contributed by atoms with E-state index < -0.39 is 11.2 Å². The minimum absolute atomic E-state index is 0.0839.